The van der Waals surface area contributed by atoms with Gasteiger partial charge in [0.1, 0.15) is 12.4 Å². The number of nitrogens with zero attached hydrogens (tertiary/aromatic N) is 4. The van der Waals surface area contributed by atoms with Gasteiger partial charge in [-0.1, -0.05) is 6.92 Å². The van der Waals surface area contributed by atoms with Gasteiger partial charge in [0.25, 0.3) is 6.43 Å². The maximum absolute atomic E-state index is 12.4. The normalized spacial score (nSPS) is 12.9. The average molecular weight is 297 g/mol. The van der Waals surface area contributed by atoms with Gasteiger partial charge < -0.3 is 5.32 Å². The molecule has 1 N–H and O–H groups in total. The molecule has 2 aromatic heterocycles. The smallest absolute Gasteiger partial charge is 0.257 e. The Morgan fingerprint density at radius 1 is 1.38 bits per heavy atom. The van der Waals surface area contributed by atoms with Gasteiger partial charge in [-0.25, -0.2) is 8.78 Å². The zero-order valence-corrected chi connectivity index (χ0v) is 12.6. The number of anilines is 1. The second-order valence-electron chi connectivity index (χ2n) is 5.12. The number of halogens is 2. The van der Waals surface area contributed by atoms with E-state index in [1.807, 2.05) is 16.9 Å². The van der Waals surface area contributed by atoms with Crippen molar-refractivity contribution in [2.45, 2.75) is 52.7 Å². The topological polar surface area (TPSA) is 47.7 Å². The van der Waals surface area contributed by atoms with Crippen LogP contribution in [0.1, 0.15) is 37.6 Å². The number of aromatic nitrogens is 4. The van der Waals surface area contributed by atoms with E-state index in [1.165, 1.54) is 4.68 Å². The lowest BCUT2D eigenvalue weighted by molar-refractivity contribution is 0.121. The third kappa shape index (κ3) is 3.80. The lowest BCUT2D eigenvalue weighted by Gasteiger charge is -2.08. The van der Waals surface area contributed by atoms with Crippen molar-refractivity contribution in [3.05, 3.63) is 29.7 Å². The number of rotatable bonds is 7. The predicted octanol–water partition coefficient (Wildman–Crippen LogP) is 3.24. The third-order valence-corrected chi connectivity index (χ3v) is 3.63. The van der Waals surface area contributed by atoms with Crippen molar-refractivity contribution in [3.63, 3.8) is 0 Å². The fourth-order valence-corrected chi connectivity index (χ4v) is 2.02. The predicted molar refractivity (Wildman–Crippen MR) is 77.5 cm³/mol. The Bertz CT molecular complexity index is 576. The highest BCUT2D eigenvalue weighted by Crippen LogP contribution is 2.14. The number of hydrogen-bond acceptors (Lipinski definition) is 3. The molecule has 7 heteroatoms. The van der Waals surface area contributed by atoms with E-state index in [0.717, 1.165) is 23.5 Å². The van der Waals surface area contributed by atoms with Gasteiger partial charge in [0.05, 0.1) is 6.20 Å². The Morgan fingerprint density at radius 2 is 2.14 bits per heavy atom. The summed E-state index contributed by atoms with van der Waals surface area (Å²) in [6.07, 6.45) is 2.18. The van der Waals surface area contributed by atoms with Crippen molar-refractivity contribution in [1.82, 2.24) is 19.6 Å². The number of alkyl halides is 2. The first-order chi connectivity index (χ1) is 10.0. The fourth-order valence-electron chi connectivity index (χ4n) is 2.02. The number of nitrogens with one attached hydrogen (secondary N) is 1. The van der Waals surface area contributed by atoms with Crippen molar-refractivity contribution in [1.29, 1.82) is 0 Å². The molecule has 2 rings (SSSR count). The van der Waals surface area contributed by atoms with Gasteiger partial charge in [-0.3, -0.25) is 9.36 Å². The van der Waals surface area contributed by atoms with E-state index >= 15 is 0 Å². The van der Waals surface area contributed by atoms with Crippen LogP contribution in [0.25, 0.3) is 0 Å². The van der Waals surface area contributed by atoms with E-state index in [-0.39, 0.29) is 6.54 Å². The van der Waals surface area contributed by atoms with Gasteiger partial charge in [0.15, 0.2) is 0 Å². The molecule has 0 unspecified atom stereocenters. The van der Waals surface area contributed by atoms with Crippen molar-refractivity contribution in [3.8, 4) is 0 Å². The first-order valence-electron chi connectivity index (χ1n) is 7.09. The van der Waals surface area contributed by atoms with Gasteiger partial charge in [0.2, 0.25) is 0 Å². The summed E-state index contributed by atoms with van der Waals surface area (Å²) in [6.45, 7) is 6.17. The molecule has 0 aliphatic heterocycles. The van der Waals surface area contributed by atoms with Gasteiger partial charge in [-0.05, 0) is 20.3 Å². The standard InChI is InChI=1S/C14H21F2N5/c1-4-10(2)20-6-5-14(19-20)17-7-12-8-18-21(11(12)3)9-13(15)16/h5-6,8,10,13H,4,7,9H2,1-3H3,(H,17,19)/t10-/m0/s1. The molecule has 0 aliphatic carbocycles. The third-order valence-electron chi connectivity index (χ3n) is 3.63. The second-order valence-corrected chi connectivity index (χ2v) is 5.12. The molecule has 0 amide bonds. The van der Waals surface area contributed by atoms with Gasteiger partial charge in [-0.2, -0.15) is 10.2 Å². The van der Waals surface area contributed by atoms with Gasteiger partial charge in [-0.15, -0.1) is 0 Å². The molecule has 116 valence electrons. The highest BCUT2D eigenvalue weighted by Gasteiger charge is 2.11. The molecule has 21 heavy (non-hydrogen) atoms. The zero-order valence-electron chi connectivity index (χ0n) is 12.6. The molecule has 5 nitrogen and oxygen atoms in total. The SMILES string of the molecule is CC[C@H](C)n1ccc(NCc2cnn(CC(F)F)c2C)n1. The van der Waals surface area contributed by atoms with Gasteiger partial charge in [0, 0.05) is 36.1 Å². The summed E-state index contributed by atoms with van der Waals surface area (Å²) in [7, 11) is 0. The lowest BCUT2D eigenvalue weighted by Crippen LogP contribution is -2.10. The van der Waals surface area contributed by atoms with Crippen molar-refractivity contribution < 1.29 is 8.78 Å². The Labute approximate surface area is 123 Å². The molecule has 0 aromatic carbocycles. The van der Waals surface area contributed by atoms with E-state index in [4.69, 9.17) is 0 Å². The molecule has 0 bridgehead atoms. The minimum absolute atomic E-state index is 0.357. The molecule has 0 fully saturated rings. The van der Waals surface area contributed by atoms with Crippen LogP contribution in [0.4, 0.5) is 14.6 Å². The van der Waals surface area contributed by atoms with Crippen LogP contribution >= 0.6 is 0 Å². The zero-order chi connectivity index (χ0) is 15.4. The molecular weight excluding hydrogens is 276 g/mol. The Kier molecular flexibility index (Phi) is 4.93. The van der Waals surface area contributed by atoms with Crippen LogP contribution in [-0.2, 0) is 13.1 Å². The van der Waals surface area contributed by atoms with Crippen LogP contribution in [0, 0.1) is 6.92 Å². The summed E-state index contributed by atoms with van der Waals surface area (Å²) in [4.78, 5) is 0. The van der Waals surface area contributed by atoms with Crippen LogP contribution in [0.15, 0.2) is 18.5 Å². The first-order valence-corrected chi connectivity index (χ1v) is 7.09. The number of hydrogen-bond donors (Lipinski definition) is 1. The highest BCUT2D eigenvalue weighted by molar-refractivity contribution is 5.34. The van der Waals surface area contributed by atoms with Gasteiger partial charge >= 0.3 is 0 Å². The monoisotopic (exact) mass is 297 g/mol. The summed E-state index contributed by atoms with van der Waals surface area (Å²) in [5.74, 6) is 0.774. The maximum Gasteiger partial charge on any atom is 0.257 e. The Morgan fingerprint density at radius 3 is 2.81 bits per heavy atom. The van der Waals surface area contributed by atoms with E-state index < -0.39 is 6.43 Å². The molecule has 2 heterocycles. The summed E-state index contributed by atoms with van der Waals surface area (Å²) in [5.41, 5.74) is 1.65. The van der Waals surface area contributed by atoms with Crippen LogP contribution in [0.5, 0.6) is 0 Å². The summed E-state index contributed by atoms with van der Waals surface area (Å²) < 4.78 is 28.0. The minimum Gasteiger partial charge on any atom is -0.364 e. The molecular formula is C14H21F2N5. The van der Waals surface area contributed by atoms with E-state index in [9.17, 15) is 8.78 Å². The minimum atomic E-state index is -2.39. The summed E-state index contributed by atoms with van der Waals surface area (Å²) in [6, 6.07) is 2.27. The van der Waals surface area contributed by atoms with Crippen LogP contribution < -0.4 is 5.32 Å². The van der Waals surface area contributed by atoms with Crippen LogP contribution in [-0.4, -0.2) is 26.0 Å². The summed E-state index contributed by atoms with van der Waals surface area (Å²) in [5, 5.41) is 11.6. The maximum atomic E-state index is 12.4. The molecule has 0 aliphatic rings. The van der Waals surface area contributed by atoms with E-state index in [1.54, 1.807) is 13.1 Å². The van der Waals surface area contributed by atoms with E-state index in [2.05, 4.69) is 29.4 Å². The van der Waals surface area contributed by atoms with Crippen molar-refractivity contribution in [2.75, 3.05) is 5.32 Å². The summed E-state index contributed by atoms with van der Waals surface area (Å²) >= 11 is 0. The molecule has 2 aromatic rings. The lowest BCUT2D eigenvalue weighted by atomic mass is 10.2. The van der Waals surface area contributed by atoms with Crippen molar-refractivity contribution >= 4 is 5.82 Å². The fraction of sp³-hybridized carbons (Fsp3) is 0.571. The Balaban J connectivity index is 1.97. The molecule has 0 saturated carbocycles. The van der Waals surface area contributed by atoms with Crippen LogP contribution in [0.3, 0.4) is 0 Å². The van der Waals surface area contributed by atoms with Crippen molar-refractivity contribution in [2.24, 2.45) is 0 Å². The first kappa shape index (κ1) is 15.5. The Hall–Kier alpha value is -1.92. The molecule has 0 saturated heterocycles. The quantitative estimate of drug-likeness (QED) is 0.853. The van der Waals surface area contributed by atoms with E-state index in [0.29, 0.717) is 12.6 Å². The molecule has 1 atom stereocenters. The largest absolute Gasteiger partial charge is 0.364 e. The molecule has 0 radical (unpaired) electrons. The molecule has 0 spiro atoms. The average Bonchev–Trinajstić information content (AvgIpc) is 3.04. The second kappa shape index (κ2) is 6.69. The highest BCUT2D eigenvalue weighted by atomic mass is 19.3. The van der Waals surface area contributed by atoms with Crippen LogP contribution in [0.2, 0.25) is 0 Å².